The van der Waals surface area contributed by atoms with Crippen LogP contribution in [-0.4, -0.2) is 28.5 Å². The lowest BCUT2D eigenvalue weighted by Crippen LogP contribution is -2.28. The number of carbonyl (C=O) groups excluding carboxylic acids is 1. The van der Waals surface area contributed by atoms with Gasteiger partial charge in [0.05, 0.1) is 23.5 Å². The number of nitrogens with zero attached hydrogens (tertiary/aromatic N) is 3. The number of aromatic nitrogens is 2. The Bertz CT molecular complexity index is 1240. The summed E-state index contributed by atoms with van der Waals surface area (Å²) in [5.41, 5.74) is 2.70. The van der Waals surface area contributed by atoms with Crippen LogP contribution in [0, 0.1) is 22.7 Å². The first kappa shape index (κ1) is 25.3. The fraction of sp³-hybridized carbons (Fsp3) is 0.462. The van der Waals surface area contributed by atoms with Gasteiger partial charge in [0.15, 0.2) is 0 Å². The molecule has 184 valence electrons. The monoisotopic (exact) mass is 510 g/mol. The van der Waals surface area contributed by atoms with E-state index >= 15 is 0 Å². The van der Waals surface area contributed by atoms with Gasteiger partial charge in [0, 0.05) is 4.88 Å². The zero-order chi connectivity index (χ0) is 25.0. The van der Waals surface area contributed by atoms with Gasteiger partial charge in [0.1, 0.15) is 16.8 Å². The van der Waals surface area contributed by atoms with E-state index in [1.165, 1.54) is 16.6 Å². The third kappa shape index (κ3) is 5.54. The number of rotatable bonds is 9. The molecular weight excluding hydrogens is 480 g/mol. The standard InChI is InChI=1S/C26H30N4O3S2/c1-5-26(3,4)16-11-12-17-19(14-27)24(35-21(17)13-16)28-22(31)15-34-25-30-29-23(33-25)18-9-7-8-10-20(18)32-6-2/h7-10,16H,5-6,11-13,15H2,1-4H3,(H,28,31)/t16-/m1/s1. The number of hydrogen-bond acceptors (Lipinski definition) is 8. The second kappa shape index (κ2) is 10.8. The molecule has 1 aromatic carbocycles. The maximum absolute atomic E-state index is 12.7. The number of hydrogen-bond donors (Lipinski definition) is 1. The Morgan fingerprint density at radius 2 is 2.14 bits per heavy atom. The highest BCUT2D eigenvalue weighted by Crippen LogP contribution is 2.45. The third-order valence-electron chi connectivity index (χ3n) is 6.80. The summed E-state index contributed by atoms with van der Waals surface area (Å²) in [5, 5.41) is 21.8. The van der Waals surface area contributed by atoms with Crippen LogP contribution in [0.3, 0.4) is 0 Å². The van der Waals surface area contributed by atoms with Crippen molar-refractivity contribution in [3.8, 4) is 23.3 Å². The second-order valence-electron chi connectivity index (χ2n) is 9.24. The van der Waals surface area contributed by atoms with E-state index in [-0.39, 0.29) is 17.1 Å². The van der Waals surface area contributed by atoms with Crippen molar-refractivity contribution in [3.05, 3.63) is 40.3 Å². The van der Waals surface area contributed by atoms with Gasteiger partial charge in [-0.05, 0) is 55.2 Å². The molecule has 2 aromatic heterocycles. The molecule has 35 heavy (non-hydrogen) atoms. The van der Waals surface area contributed by atoms with E-state index in [9.17, 15) is 10.1 Å². The van der Waals surface area contributed by atoms with Crippen molar-refractivity contribution in [1.29, 1.82) is 5.26 Å². The van der Waals surface area contributed by atoms with E-state index < -0.39 is 0 Å². The van der Waals surface area contributed by atoms with Gasteiger partial charge in [-0.25, -0.2) is 0 Å². The summed E-state index contributed by atoms with van der Waals surface area (Å²) in [5.74, 6) is 1.50. The number of amides is 1. The average Bonchev–Trinajstić information content (AvgIpc) is 3.47. The van der Waals surface area contributed by atoms with Crippen LogP contribution < -0.4 is 10.1 Å². The summed E-state index contributed by atoms with van der Waals surface area (Å²) in [7, 11) is 0. The van der Waals surface area contributed by atoms with Crippen molar-refractivity contribution in [1.82, 2.24) is 10.2 Å². The molecule has 0 radical (unpaired) electrons. The lowest BCUT2D eigenvalue weighted by atomic mass is 9.69. The van der Waals surface area contributed by atoms with Gasteiger partial charge >= 0.3 is 0 Å². The predicted molar refractivity (Wildman–Crippen MR) is 139 cm³/mol. The summed E-state index contributed by atoms with van der Waals surface area (Å²) in [6.45, 7) is 9.31. The number of benzene rings is 1. The fourth-order valence-corrected chi connectivity index (χ4v) is 6.20. The molecule has 1 amide bonds. The van der Waals surface area contributed by atoms with Crippen molar-refractivity contribution in [2.75, 3.05) is 17.7 Å². The van der Waals surface area contributed by atoms with Crippen LogP contribution in [0.2, 0.25) is 0 Å². The number of carbonyl (C=O) groups is 1. The van der Waals surface area contributed by atoms with Crippen LogP contribution in [0.1, 0.15) is 56.5 Å². The SMILES string of the molecule is CCOc1ccccc1-c1nnc(SCC(=O)Nc2sc3c(c2C#N)CC[C@@H](C(C)(C)CC)C3)o1. The summed E-state index contributed by atoms with van der Waals surface area (Å²) in [6, 6.07) is 9.79. The van der Waals surface area contributed by atoms with Crippen LogP contribution in [0.15, 0.2) is 33.9 Å². The summed E-state index contributed by atoms with van der Waals surface area (Å²) < 4.78 is 11.4. The first-order valence-corrected chi connectivity index (χ1v) is 13.7. The molecule has 0 aliphatic heterocycles. The maximum atomic E-state index is 12.7. The number of nitrogens with one attached hydrogen (secondary N) is 1. The van der Waals surface area contributed by atoms with E-state index in [1.54, 1.807) is 11.3 Å². The van der Waals surface area contributed by atoms with Crippen LogP contribution >= 0.6 is 23.1 Å². The second-order valence-corrected chi connectivity index (χ2v) is 11.3. The van der Waals surface area contributed by atoms with Crippen molar-refractivity contribution in [2.45, 2.75) is 58.6 Å². The molecule has 0 unspecified atom stereocenters. The van der Waals surface area contributed by atoms with Gasteiger partial charge < -0.3 is 14.5 Å². The summed E-state index contributed by atoms with van der Waals surface area (Å²) in [4.78, 5) is 13.9. The highest BCUT2D eigenvalue weighted by Gasteiger charge is 2.34. The molecule has 0 bridgehead atoms. The Hall–Kier alpha value is -2.83. The van der Waals surface area contributed by atoms with E-state index in [4.69, 9.17) is 9.15 Å². The molecule has 1 aliphatic carbocycles. The van der Waals surface area contributed by atoms with Crippen molar-refractivity contribution < 1.29 is 13.9 Å². The number of nitriles is 1. The smallest absolute Gasteiger partial charge is 0.277 e. The molecule has 4 rings (SSSR count). The minimum absolute atomic E-state index is 0.105. The lowest BCUT2D eigenvalue weighted by molar-refractivity contribution is -0.113. The van der Waals surface area contributed by atoms with Crippen LogP contribution in [-0.2, 0) is 17.6 Å². The van der Waals surface area contributed by atoms with Gasteiger partial charge in [-0.2, -0.15) is 5.26 Å². The minimum Gasteiger partial charge on any atom is -0.493 e. The quantitative estimate of drug-likeness (QED) is 0.335. The third-order valence-corrected chi connectivity index (χ3v) is 8.79. The van der Waals surface area contributed by atoms with Gasteiger partial charge in [-0.15, -0.1) is 21.5 Å². The van der Waals surface area contributed by atoms with E-state index in [0.29, 0.717) is 45.5 Å². The molecule has 1 aliphatic rings. The number of fused-ring (bicyclic) bond motifs is 1. The van der Waals surface area contributed by atoms with Crippen LogP contribution in [0.4, 0.5) is 5.00 Å². The minimum atomic E-state index is -0.204. The Labute approximate surface area is 214 Å². The molecular formula is C26H30N4O3S2. The van der Waals surface area contributed by atoms with E-state index in [0.717, 1.165) is 31.2 Å². The Kier molecular flexibility index (Phi) is 7.82. The molecule has 9 heteroatoms. The number of thiophene rings is 1. The molecule has 1 atom stereocenters. The number of thioether (sulfide) groups is 1. The maximum Gasteiger partial charge on any atom is 0.277 e. The molecule has 0 spiro atoms. The zero-order valence-corrected chi connectivity index (χ0v) is 22.1. The van der Waals surface area contributed by atoms with Crippen molar-refractivity contribution >= 4 is 34.0 Å². The summed E-state index contributed by atoms with van der Waals surface area (Å²) >= 11 is 2.71. The lowest BCUT2D eigenvalue weighted by Gasteiger charge is -2.36. The van der Waals surface area contributed by atoms with Gasteiger partial charge in [-0.3, -0.25) is 4.79 Å². The van der Waals surface area contributed by atoms with Gasteiger partial charge in [0.25, 0.3) is 11.1 Å². The first-order valence-electron chi connectivity index (χ1n) is 11.9. The van der Waals surface area contributed by atoms with Crippen LogP contribution in [0.5, 0.6) is 5.75 Å². The van der Waals surface area contributed by atoms with Gasteiger partial charge in [0.2, 0.25) is 5.91 Å². The number of ether oxygens (including phenoxy) is 1. The Balaban J connectivity index is 1.40. The van der Waals surface area contributed by atoms with Crippen molar-refractivity contribution in [3.63, 3.8) is 0 Å². The molecule has 0 fully saturated rings. The van der Waals surface area contributed by atoms with Crippen LogP contribution in [0.25, 0.3) is 11.5 Å². The Morgan fingerprint density at radius 3 is 2.89 bits per heavy atom. The summed E-state index contributed by atoms with van der Waals surface area (Å²) in [6.07, 6.45) is 4.06. The Morgan fingerprint density at radius 1 is 1.34 bits per heavy atom. The average molecular weight is 511 g/mol. The van der Waals surface area contributed by atoms with E-state index in [2.05, 4.69) is 42.4 Å². The normalized spacial score (nSPS) is 15.3. The number of anilines is 1. The molecule has 7 nitrogen and oxygen atoms in total. The molecule has 0 saturated carbocycles. The van der Waals surface area contributed by atoms with Gasteiger partial charge in [-0.1, -0.05) is 51.1 Å². The predicted octanol–water partition coefficient (Wildman–Crippen LogP) is 6.34. The first-order chi connectivity index (χ1) is 16.9. The number of para-hydroxylation sites is 1. The highest BCUT2D eigenvalue weighted by molar-refractivity contribution is 7.99. The largest absolute Gasteiger partial charge is 0.493 e. The fourth-order valence-electron chi connectivity index (χ4n) is 4.34. The zero-order valence-electron chi connectivity index (χ0n) is 20.5. The molecule has 3 aromatic rings. The molecule has 0 saturated heterocycles. The molecule has 1 N–H and O–H groups in total. The highest BCUT2D eigenvalue weighted by atomic mass is 32.2. The topological polar surface area (TPSA) is 101 Å². The van der Waals surface area contributed by atoms with Crippen molar-refractivity contribution in [2.24, 2.45) is 11.3 Å². The van der Waals surface area contributed by atoms with E-state index in [1.807, 2.05) is 31.2 Å². The molecule has 2 heterocycles.